The number of aliphatic carboxylic acids is 1. The average Bonchev–Trinajstić information content (AvgIpc) is 0.764. The molecule has 614 valence electrons. The molecule has 13 atom stereocenters. The molecule has 1 saturated heterocycles. The summed E-state index contributed by atoms with van der Waals surface area (Å²) in [5.41, 5.74) is -2.06. The predicted octanol–water partition coefficient (Wildman–Crippen LogP) is 6.45. The van der Waals surface area contributed by atoms with Crippen LogP contribution in [0.3, 0.4) is 0 Å². The zero-order valence-corrected chi connectivity index (χ0v) is 64.6. The van der Waals surface area contributed by atoms with Gasteiger partial charge in [0, 0.05) is 48.2 Å². The second kappa shape index (κ2) is 36.4. The summed E-state index contributed by atoms with van der Waals surface area (Å²) in [7, 11) is 5.04. The lowest BCUT2D eigenvalue weighted by Crippen LogP contribution is -2.66. The molecule has 0 unspecified atom stereocenters. The van der Waals surface area contributed by atoms with Crippen molar-refractivity contribution in [1.29, 1.82) is 0 Å². The number of aromatic hydroxyl groups is 5. The molecule has 18 N–H and O–H groups in total. The summed E-state index contributed by atoms with van der Waals surface area (Å²) in [5, 5.41) is 128. The normalized spacial score (nSPS) is 23.2. The van der Waals surface area contributed by atoms with E-state index in [-0.39, 0.29) is 70.2 Å². The molecule has 8 amide bonds. The molecule has 0 aromatic heterocycles. The second-order valence-electron chi connectivity index (χ2n) is 29.1. The summed E-state index contributed by atoms with van der Waals surface area (Å²) < 4.78 is 32.3. The van der Waals surface area contributed by atoms with E-state index in [1.165, 1.54) is 61.6 Å². The van der Waals surface area contributed by atoms with Crippen LogP contribution in [0.2, 0.25) is 10.0 Å². The third-order valence-electron chi connectivity index (χ3n) is 20.5. The molecular weight excluding hydrogens is 1550 g/mol. The van der Waals surface area contributed by atoms with E-state index in [2.05, 4.69) is 54.8 Å². The number of phenolic OH excluding ortho intramolecular Hbond substituents is 5. The Labute approximate surface area is 673 Å². The predicted molar refractivity (Wildman–Crippen MR) is 415 cm³/mol. The highest BCUT2D eigenvalue weighted by atomic mass is 35.5. The minimum Gasteiger partial charge on any atom is -0.508 e. The van der Waals surface area contributed by atoms with Crippen molar-refractivity contribution in [2.24, 2.45) is 0 Å². The van der Waals surface area contributed by atoms with Crippen LogP contribution in [0.4, 0.5) is 0 Å². The fourth-order valence-electron chi connectivity index (χ4n) is 14.4. The third-order valence-corrected chi connectivity index (χ3v) is 21.2. The van der Waals surface area contributed by atoms with E-state index in [1.807, 2.05) is 4.90 Å². The Bertz CT molecular complexity index is 4940. The van der Waals surface area contributed by atoms with Crippen LogP contribution in [0, 0.1) is 0 Å². The Balaban J connectivity index is 1.09. The molecular formula is C81H88Cl2N10O23. The van der Waals surface area contributed by atoms with Crippen LogP contribution in [-0.4, -0.2) is 181 Å². The van der Waals surface area contributed by atoms with Crippen molar-refractivity contribution in [1.82, 2.24) is 52.8 Å². The molecule has 7 aromatic rings. The van der Waals surface area contributed by atoms with Crippen LogP contribution in [0.15, 0.2) is 115 Å². The molecule has 17 bridgehead atoms. The first-order chi connectivity index (χ1) is 55.5. The molecule has 7 aliphatic heterocycles. The number of carbonyl (C=O) groups excluding carboxylic acids is 8. The number of rotatable bonds is 19. The topological polar surface area (TPSA) is 493 Å². The molecule has 33 nitrogen and oxygen atoms in total. The number of carbonyl (C=O) groups is 9. The number of hydrogen-bond donors (Lipinski definition) is 18. The van der Waals surface area contributed by atoms with Gasteiger partial charge in [0.1, 0.15) is 107 Å². The van der Waals surface area contributed by atoms with E-state index in [9.17, 15) is 65.1 Å². The van der Waals surface area contributed by atoms with Gasteiger partial charge in [-0.1, -0.05) is 105 Å². The molecule has 7 aromatic carbocycles. The number of phenols is 5. The van der Waals surface area contributed by atoms with Crippen molar-refractivity contribution < 1.29 is 113 Å². The Morgan fingerprint density at radius 3 is 1.91 bits per heavy atom. The van der Waals surface area contributed by atoms with E-state index < -0.39 is 205 Å². The van der Waals surface area contributed by atoms with Crippen LogP contribution in [0.25, 0.3) is 11.1 Å². The quantitative estimate of drug-likeness (QED) is 0.0387. The number of aliphatic hydroxyl groups excluding tert-OH is 3. The van der Waals surface area contributed by atoms with E-state index in [4.69, 9.17) is 46.9 Å². The van der Waals surface area contributed by atoms with E-state index in [1.54, 1.807) is 14.1 Å². The number of aliphatic hydroxyl groups is 3. The highest BCUT2D eigenvalue weighted by Crippen LogP contribution is 2.50. The first-order valence-electron chi connectivity index (χ1n) is 37.6. The lowest BCUT2D eigenvalue weighted by atomic mass is 9.89. The van der Waals surface area contributed by atoms with Gasteiger partial charge in [-0.25, -0.2) is 4.79 Å². The van der Waals surface area contributed by atoms with Crippen LogP contribution >= 0.6 is 23.2 Å². The maximum Gasteiger partial charge on any atom is 0.335 e. The van der Waals surface area contributed by atoms with Gasteiger partial charge in [0.15, 0.2) is 29.1 Å². The highest BCUT2D eigenvalue weighted by molar-refractivity contribution is 6.33. The van der Waals surface area contributed by atoms with Gasteiger partial charge >= 0.3 is 5.97 Å². The molecule has 35 heteroatoms. The van der Waals surface area contributed by atoms with Crippen LogP contribution in [0.5, 0.6) is 69.0 Å². The first kappa shape index (κ1) is 83.7. The Hall–Kier alpha value is -11.7. The highest BCUT2D eigenvalue weighted by Gasteiger charge is 2.51. The van der Waals surface area contributed by atoms with Crippen molar-refractivity contribution in [3.8, 4) is 80.1 Å². The van der Waals surface area contributed by atoms with Crippen molar-refractivity contribution in [3.05, 3.63) is 164 Å². The average molecular weight is 1640 g/mol. The number of amides is 8. The number of halogens is 2. The molecule has 0 aliphatic carbocycles. The number of ether oxygens (including phenoxy) is 5. The second-order valence-corrected chi connectivity index (χ2v) is 29.9. The Kier molecular flexibility index (Phi) is 26.3. The SMILES string of the molecule is CCCCCCCCCCC(=O)N[C@H]1[C@H](Oc2c3cc4cc2Oc2ccc(cc2Cl)[C@@H](O)[C@@H]2NC(=O)[C@H](NC(=O)[C@@H]4NC(=O)[C@H]4NC(=O)[C@@H](Cc5ccc(cc5)O3)NC(=O)[C@H](NC)c3ccc(O)c(c3)Oc3cc(O)c(Cl)c4c3)c3ccc(O)c(c3)-c3c(O)cc(O)cc3[C@H](C(=O)NCCCN(C)C)NC2=O)O[C@H](C(=O)O)[C@@H](O)[C@@H]1O. The number of nitrogens with one attached hydrogen (secondary N) is 9. The maximum absolute atomic E-state index is 16.5. The zero-order valence-electron chi connectivity index (χ0n) is 63.1. The minimum atomic E-state index is -2.37. The Morgan fingerprint density at radius 2 is 1.21 bits per heavy atom. The molecule has 1 fully saturated rings. The minimum absolute atomic E-state index is 0.00106. The maximum atomic E-state index is 16.5. The summed E-state index contributed by atoms with van der Waals surface area (Å²) in [6.07, 6.45) is -4.21. The summed E-state index contributed by atoms with van der Waals surface area (Å²) in [5.74, 6) is -17.1. The molecule has 7 aliphatic rings. The van der Waals surface area contributed by atoms with Crippen LogP contribution in [0.1, 0.15) is 146 Å². The van der Waals surface area contributed by atoms with Crippen molar-refractivity contribution in [3.63, 3.8) is 0 Å². The summed E-state index contributed by atoms with van der Waals surface area (Å²) >= 11 is 14.2. The zero-order chi connectivity index (χ0) is 83.1. The molecule has 7 heterocycles. The van der Waals surface area contributed by atoms with Gasteiger partial charge in [-0.3, -0.25) is 38.4 Å². The van der Waals surface area contributed by atoms with Crippen LogP contribution in [-0.2, 0) is 54.3 Å². The van der Waals surface area contributed by atoms with Gasteiger partial charge in [0.2, 0.25) is 59.3 Å². The van der Waals surface area contributed by atoms with E-state index in [0.717, 1.165) is 99.2 Å². The van der Waals surface area contributed by atoms with Gasteiger partial charge in [-0.2, -0.15) is 0 Å². The smallest absolute Gasteiger partial charge is 0.335 e. The first-order valence-corrected chi connectivity index (χ1v) is 38.4. The summed E-state index contributed by atoms with van der Waals surface area (Å²) in [6, 6.07) is 6.90. The standard InChI is InChI=1S/C81H88Cl2N10O23/c1-5-6-7-8-9-10-11-12-14-58(99)87-67-69(101)70(102)72(80(110)111)116-81(67)115-71-56-31-41-32-57(71)114-54-24-19-40(29-48(54)82)68(100)66-79(109)91-64(74(104)85-25-13-26-93(3)4)46-33-42(94)34-52(97)59(46)45-28-38(17-22-50(45)95)62(76(106)92-66)88-77(107)63(41)89-78(108)65-47-35-44(36-53(98)60(47)83)113-55-30-39(18-23-51(55)96)61(84-2)75(105)86-49(73(103)90-65)27-37-15-20-43(112-56)21-16-37/h15-24,28-36,49,61-70,72,81,84,94-98,100-102H,5-14,25-27H2,1-4H3,(H,85,104)(H,86,105)(H,87,99)(H,88,107)(H,89,108)(H,90,103)(H,91,109)(H,92,106)(H,110,111)/t49-,61-,62-,63-,64-,65+,66+,67-,68-,69-,70+,72+,81-/m1/s1. The lowest BCUT2D eigenvalue weighted by molar-refractivity contribution is -0.241. The number of hydrogen-bond acceptors (Lipinski definition) is 24. The number of carboxylic acid groups (broad SMARTS) is 1. The molecule has 0 spiro atoms. The van der Waals surface area contributed by atoms with Gasteiger partial charge in [0.05, 0.1) is 10.0 Å². The van der Waals surface area contributed by atoms with Gasteiger partial charge < -0.3 is 122 Å². The number of carboxylic acids is 1. The van der Waals surface area contributed by atoms with Crippen molar-refractivity contribution in [2.75, 3.05) is 34.2 Å². The summed E-state index contributed by atoms with van der Waals surface area (Å²) in [6.45, 7) is 2.58. The van der Waals surface area contributed by atoms with Crippen molar-refractivity contribution >= 4 is 76.4 Å². The fraction of sp³-hybridized carbons (Fsp3) is 0.370. The number of likely N-dealkylation sites (N-methyl/N-ethyl adjacent to an activating group) is 1. The largest absolute Gasteiger partial charge is 0.508 e. The number of fused-ring (bicyclic) bond motifs is 14. The van der Waals surface area contributed by atoms with Gasteiger partial charge in [-0.05, 0) is 147 Å². The molecule has 0 saturated carbocycles. The van der Waals surface area contributed by atoms with Crippen molar-refractivity contribution in [2.45, 2.75) is 157 Å². The van der Waals surface area contributed by atoms with Gasteiger partial charge in [-0.15, -0.1) is 0 Å². The number of benzene rings is 7. The molecule has 116 heavy (non-hydrogen) atoms. The molecule has 0 radical (unpaired) electrons. The summed E-state index contributed by atoms with van der Waals surface area (Å²) in [4.78, 5) is 138. The monoisotopic (exact) mass is 1640 g/mol. The van der Waals surface area contributed by atoms with E-state index >= 15 is 24.0 Å². The van der Waals surface area contributed by atoms with Crippen LogP contribution < -0.4 is 66.8 Å². The van der Waals surface area contributed by atoms with Gasteiger partial charge in [0.25, 0.3) is 0 Å². The number of unbranched alkanes of at least 4 members (excludes halogenated alkanes) is 7. The third kappa shape index (κ3) is 18.8. The lowest BCUT2D eigenvalue weighted by Gasteiger charge is -2.41. The molecule has 14 rings (SSSR count). The van der Waals surface area contributed by atoms with E-state index in [0.29, 0.717) is 31.4 Å². The Morgan fingerprint density at radius 1 is 0.569 bits per heavy atom. The number of nitrogens with zero attached hydrogens (tertiary/aromatic N) is 1. The fourth-order valence-corrected chi connectivity index (χ4v) is 14.9.